The van der Waals surface area contributed by atoms with Crippen LogP contribution in [-0.2, 0) is 22.0 Å². The number of hydrogen-bond acceptors (Lipinski definition) is 7. The van der Waals surface area contributed by atoms with Gasteiger partial charge in [0.15, 0.2) is 15.6 Å². The van der Waals surface area contributed by atoms with Crippen molar-refractivity contribution in [1.82, 2.24) is 14.8 Å². The van der Waals surface area contributed by atoms with E-state index in [0.717, 1.165) is 11.8 Å². The van der Waals surface area contributed by atoms with Gasteiger partial charge in [0.05, 0.1) is 33.9 Å². The summed E-state index contributed by atoms with van der Waals surface area (Å²) in [5.74, 6) is -0.646. The number of hydrogen-bond donors (Lipinski definition) is 1. The molecule has 1 aliphatic rings. The first-order valence-corrected chi connectivity index (χ1v) is 14.8. The third kappa shape index (κ3) is 5.47. The third-order valence-electron chi connectivity index (χ3n) is 6.43. The summed E-state index contributed by atoms with van der Waals surface area (Å²) >= 11 is 12.3. The van der Waals surface area contributed by atoms with Crippen molar-refractivity contribution in [3.63, 3.8) is 0 Å². The molecule has 0 unspecified atom stereocenters. The molecule has 1 aliphatic carbocycles. The van der Waals surface area contributed by atoms with E-state index in [-0.39, 0.29) is 29.1 Å². The molecule has 0 atom stereocenters. The number of carbonyl (C=O) groups is 1. The number of nitrogen functional groups attached to an aromatic ring is 1. The van der Waals surface area contributed by atoms with Crippen molar-refractivity contribution in [2.45, 2.75) is 26.0 Å². The number of carbonyl (C=O) groups excluding carboxylic acids is 1. The fraction of sp³-hybridized carbons (Fsp3) is 0.179. The Labute approximate surface area is 240 Å². The molecular weight excluding hydrogens is 578 g/mol. The second-order valence-corrected chi connectivity index (χ2v) is 12.6. The fourth-order valence-corrected chi connectivity index (χ4v) is 5.77. The van der Waals surface area contributed by atoms with Gasteiger partial charge in [-0.15, -0.1) is 0 Å². The third-order valence-corrected chi connectivity index (χ3v) is 7.82. The highest BCUT2D eigenvalue weighted by Crippen LogP contribution is 2.34. The maximum atomic E-state index is 14.5. The number of rotatable bonds is 7. The van der Waals surface area contributed by atoms with Crippen LogP contribution < -0.4 is 10.5 Å². The molecule has 40 heavy (non-hydrogen) atoms. The minimum Gasteiger partial charge on any atom is -0.437 e. The van der Waals surface area contributed by atoms with Gasteiger partial charge in [-0.3, -0.25) is 4.79 Å². The Kier molecular flexibility index (Phi) is 7.20. The molecule has 0 amide bonds. The first kappa shape index (κ1) is 27.8. The van der Waals surface area contributed by atoms with Crippen molar-refractivity contribution in [2.24, 2.45) is 0 Å². The van der Waals surface area contributed by atoms with Crippen LogP contribution >= 0.6 is 23.2 Å². The van der Waals surface area contributed by atoms with Gasteiger partial charge < -0.3 is 10.5 Å². The maximum Gasteiger partial charge on any atom is 0.219 e. The number of nitrogens with zero attached hydrogens (tertiary/aromatic N) is 3. The molecule has 4 aromatic rings. The summed E-state index contributed by atoms with van der Waals surface area (Å²) in [6.45, 7) is 3.59. The lowest BCUT2D eigenvalue weighted by Crippen LogP contribution is -2.11. The van der Waals surface area contributed by atoms with E-state index in [0.29, 0.717) is 49.8 Å². The number of pyridine rings is 1. The van der Waals surface area contributed by atoms with Gasteiger partial charge in [0.2, 0.25) is 5.88 Å². The number of nitrogens with two attached hydrogens (primary N) is 1. The van der Waals surface area contributed by atoms with Crippen LogP contribution in [-0.4, -0.2) is 35.2 Å². The molecule has 0 saturated heterocycles. The highest BCUT2D eigenvalue weighted by atomic mass is 35.5. The first-order valence-electron chi connectivity index (χ1n) is 12.0. The summed E-state index contributed by atoms with van der Waals surface area (Å²) in [6.07, 6.45) is 4.23. The molecule has 0 saturated carbocycles. The summed E-state index contributed by atoms with van der Waals surface area (Å²) in [4.78, 5) is 17.9. The predicted molar refractivity (Wildman–Crippen MR) is 153 cm³/mol. The Morgan fingerprint density at radius 2 is 1.93 bits per heavy atom. The molecule has 2 heterocycles. The Morgan fingerprint density at radius 1 is 1.18 bits per heavy atom. The smallest absolute Gasteiger partial charge is 0.219 e. The van der Waals surface area contributed by atoms with Gasteiger partial charge >= 0.3 is 0 Å². The first-order chi connectivity index (χ1) is 18.8. The van der Waals surface area contributed by atoms with E-state index in [4.69, 9.17) is 33.7 Å². The molecule has 2 N–H and O–H groups in total. The van der Waals surface area contributed by atoms with Gasteiger partial charge in [0.25, 0.3) is 0 Å². The van der Waals surface area contributed by atoms with Gasteiger partial charge in [-0.1, -0.05) is 29.3 Å². The molecular formula is C28H23Cl2FN4O4S. The summed E-state index contributed by atoms with van der Waals surface area (Å²) in [7, 11) is -3.42. The normalized spacial score (nSPS) is 12.8. The number of anilines is 1. The lowest BCUT2D eigenvalue weighted by Gasteiger charge is -2.14. The van der Waals surface area contributed by atoms with Crippen molar-refractivity contribution >= 4 is 50.7 Å². The molecule has 0 spiro atoms. The van der Waals surface area contributed by atoms with Gasteiger partial charge in [0, 0.05) is 41.0 Å². The lowest BCUT2D eigenvalue weighted by molar-refractivity contribution is 0.103. The number of halogens is 3. The van der Waals surface area contributed by atoms with Gasteiger partial charge in [-0.05, 0) is 54.8 Å². The van der Waals surface area contributed by atoms with Crippen LogP contribution in [0.1, 0.15) is 38.3 Å². The average Bonchev–Trinajstić information content (AvgIpc) is 3.43. The molecule has 0 radical (unpaired) electrons. The molecule has 5 rings (SSSR count). The van der Waals surface area contributed by atoms with Gasteiger partial charge in [0.1, 0.15) is 17.4 Å². The Morgan fingerprint density at radius 3 is 2.62 bits per heavy atom. The van der Waals surface area contributed by atoms with Crippen LogP contribution in [0.2, 0.25) is 10.0 Å². The van der Waals surface area contributed by atoms with E-state index in [1.54, 1.807) is 37.3 Å². The molecule has 2 aromatic carbocycles. The van der Waals surface area contributed by atoms with Gasteiger partial charge in [-0.25, -0.2) is 22.5 Å². The zero-order chi connectivity index (χ0) is 28.9. The van der Waals surface area contributed by atoms with Crippen molar-refractivity contribution in [1.29, 1.82) is 0 Å². The van der Waals surface area contributed by atoms with Crippen molar-refractivity contribution in [2.75, 3.05) is 12.0 Å². The number of ketones is 1. The molecule has 12 heteroatoms. The molecule has 0 fully saturated rings. The zero-order valence-electron chi connectivity index (χ0n) is 21.6. The van der Waals surface area contributed by atoms with E-state index >= 15 is 0 Å². The number of sulfone groups is 1. The summed E-state index contributed by atoms with van der Waals surface area (Å²) in [6, 6.07) is 9.30. The van der Waals surface area contributed by atoms with Crippen molar-refractivity contribution in [3.05, 3.63) is 97.5 Å². The monoisotopic (exact) mass is 600 g/mol. The highest BCUT2D eigenvalue weighted by molar-refractivity contribution is 7.89. The zero-order valence-corrected chi connectivity index (χ0v) is 24.0. The summed E-state index contributed by atoms with van der Waals surface area (Å²) in [5, 5.41) is 5.20. The number of fused-ring (bicyclic) bond motifs is 1. The Bertz CT molecular complexity index is 1830. The quantitative estimate of drug-likeness (QED) is 0.256. The molecule has 8 nitrogen and oxygen atoms in total. The van der Waals surface area contributed by atoms with E-state index in [9.17, 15) is 17.6 Å². The number of allylic oxidation sites excluding steroid dienone is 1. The topological polar surface area (TPSA) is 117 Å². The van der Waals surface area contributed by atoms with Crippen LogP contribution in [0.15, 0.2) is 48.2 Å². The number of benzene rings is 2. The minimum absolute atomic E-state index is 0.0687. The minimum atomic E-state index is -3.42. The van der Waals surface area contributed by atoms with Crippen LogP contribution in [0.25, 0.3) is 11.8 Å². The second kappa shape index (κ2) is 10.3. The summed E-state index contributed by atoms with van der Waals surface area (Å²) in [5.41, 5.74) is 10.1. The van der Waals surface area contributed by atoms with E-state index in [1.807, 2.05) is 6.92 Å². The number of Topliss-reactive ketones (excluding diaryl/α,β-unsaturated/α-hetero) is 1. The van der Waals surface area contributed by atoms with Crippen LogP contribution in [0.5, 0.6) is 11.6 Å². The average molecular weight is 601 g/mol. The Balaban J connectivity index is 1.41. The van der Waals surface area contributed by atoms with Gasteiger partial charge in [-0.2, -0.15) is 5.10 Å². The largest absolute Gasteiger partial charge is 0.437 e. The highest BCUT2D eigenvalue weighted by Gasteiger charge is 2.26. The Hall–Kier alpha value is -3.73. The number of aromatic nitrogens is 3. The second-order valence-electron chi connectivity index (χ2n) is 9.63. The van der Waals surface area contributed by atoms with Crippen LogP contribution in [0.4, 0.5) is 10.2 Å². The maximum absolute atomic E-state index is 14.5. The van der Waals surface area contributed by atoms with E-state index < -0.39 is 21.4 Å². The predicted octanol–water partition coefficient (Wildman–Crippen LogP) is 6.07. The van der Waals surface area contributed by atoms with Crippen molar-refractivity contribution < 1.29 is 22.3 Å². The number of aryl methyl sites for hydroxylation is 2. The van der Waals surface area contributed by atoms with Crippen molar-refractivity contribution in [3.8, 4) is 17.3 Å². The van der Waals surface area contributed by atoms with E-state index in [1.165, 1.54) is 23.0 Å². The SMILES string of the molecule is Cc1cc(Oc2cc(Cl)ccc2Cl)nc(C)c1-n1ncc(C(=O)C2=Cc3cc(F)c(CS(C)(=O)=O)cc3C2)c1N. The molecule has 0 aliphatic heterocycles. The van der Waals surface area contributed by atoms with E-state index in [2.05, 4.69) is 10.1 Å². The standard InChI is InChI=1S/C28H23Cl2FN4O4S/c1-14-6-25(39-24-11-20(29)4-5-22(24)30)34-15(2)26(14)35-28(32)21(12-33-35)27(36)18-7-16-9-19(13-40(3,37)38)23(31)10-17(16)8-18/h4-6,8-12H,7,13,32H2,1-3H3. The summed E-state index contributed by atoms with van der Waals surface area (Å²) < 4.78 is 45.1. The molecule has 206 valence electrons. The van der Waals surface area contributed by atoms with Crippen LogP contribution in [0.3, 0.4) is 0 Å². The fourth-order valence-electron chi connectivity index (χ4n) is 4.67. The van der Waals surface area contributed by atoms with Crippen LogP contribution in [0, 0.1) is 19.7 Å². The number of ether oxygens (including phenoxy) is 1. The molecule has 2 aromatic heterocycles. The lowest BCUT2D eigenvalue weighted by atomic mass is 10.0. The molecule has 0 bridgehead atoms.